The second-order valence-electron chi connectivity index (χ2n) is 8.69. The number of aromatic nitrogens is 4. The average molecular weight is 467 g/mol. The summed E-state index contributed by atoms with van der Waals surface area (Å²) in [6.45, 7) is 4.14. The fourth-order valence-electron chi connectivity index (χ4n) is 4.57. The van der Waals surface area contributed by atoms with Crippen LogP contribution < -0.4 is 5.32 Å². The summed E-state index contributed by atoms with van der Waals surface area (Å²) in [5.74, 6) is 0.420. The summed E-state index contributed by atoms with van der Waals surface area (Å²) in [7, 11) is 0. The molecule has 5 rings (SSSR count). The normalized spacial score (nSPS) is 18.9. The molecule has 9 nitrogen and oxygen atoms in total. The van der Waals surface area contributed by atoms with Crippen LogP contribution in [0.1, 0.15) is 41.5 Å². The third-order valence-corrected chi connectivity index (χ3v) is 6.36. The number of amides is 1. The number of β-amino-alcohol motifs (C(OH)–C–C–N with tert-alkyl or cyclic N) is 1. The molecule has 2 fully saturated rings. The Labute approximate surface area is 196 Å². The summed E-state index contributed by atoms with van der Waals surface area (Å²) in [6.07, 6.45) is 4.62. The Balaban J connectivity index is 1.35. The minimum Gasteiger partial charge on any atom is -0.391 e. The van der Waals surface area contributed by atoms with Gasteiger partial charge >= 0.3 is 0 Å². The fraction of sp³-hybridized carbons (Fsp3) is 0.417. The number of ether oxygens (including phenoxy) is 1. The maximum atomic E-state index is 14.8. The number of nitrogens with one attached hydrogen (secondary N) is 1. The predicted octanol–water partition coefficient (Wildman–Crippen LogP) is 3.09. The van der Waals surface area contributed by atoms with Gasteiger partial charge in [0.2, 0.25) is 5.95 Å². The van der Waals surface area contributed by atoms with Gasteiger partial charge in [0.25, 0.3) is 5.91 Å². The molecule has 178 valence electrons. The zero-order valence-electron chi connectivity index (χ0n) is 18.9. The number of rotatable bonds is 5. The van der Waals surface area contributed by atoms with Gasteiger partial charge < -0.3 is 24.6 Å². The zero-order valence-corrected chi connectivity index (χ0v) is 18.9. The van der Waals surface area contributed by atoms with Gasteiger partial charge in [0.05, 0.1) is 24.2 Å². The molecule has 0 radical (unpaired) electrons. The first-order valence-electron chi connectivity index (χ1n) is 11.5. The summed E-state index contributed by atoms with van der Waals surface area (Å²) in [5, 5.41) is 12.8. The first kappa shape index (κ1) is 22.4. The molecule has 2 aliphatic heterocycles. The Bertz CT molecular complexity index is 1180. The number of hydrogen-bond donors (Lipinski definition) is 2. The van der Waals surface area contributed by atoms with Crippen molar-refractivity contribution in [3.63, 3.8) is 0 Å². The van der Waals surface area contributed by atoms with Crippen molar-refractivity contribution in [3.05, 3.63) is 53.9 Å². The molecular weight excluding hydrogens is 439 g/mol. The minimum absolute atomic E-state index is 0.111. The SMILES string of the molecule is Cc1ncc(-c2nc(Nc3ccc(C(=O)N4CCC(O)C4)cc3)ncc2F)n1C1CCOCC1. The Morgan fingerprint density at radius 2 is 1.91 bits per heavy atom. The van der Waals surface area contributed by atoms with E-state index in [0.29, 0.717) is 49.7 Å². The second kappa shape index (κ2) is 9.47. The van der Waals surface area contributed by atoms with E-state index in [4.69, 9.17) is 4.74 Å². The summed E-state index contributed by atoms with van der Waals surface area (Å²) < 4.78 is 22.3. The third-order valence-electron chi connectivity index (χ3n) is 6.36. The number of carbonyl (C=O) groups excluding carboxylic acids is 1. The maximum Gasteiger partial charge on any atom is 0.253 e. The number of aliphatic hydroxyl groups excluding tert-OH is 1. The van der Waals surface area contributed by atoms with Crippen LogP contribution in [0.3, 0.4) is 0 Å². The van der Waals surface area contributed by atoms with Gasteiger partial charge in [-0.15, -0.1) is 0 Å². The predicted molar refractivity (Wildman–Crippen MR) is 123 cm³/mol. The van der Waals surface area contributed by atoms with E-state index in [2.05, 4.69) is 20.3 Å². The van der Waals surface area contributed by atoms with Crippen LogP contribution in [-0.4, -0.2) is 67.8 Å². The number of nitrogens with zero attached hydrogens (tertiary/aromatic N) is 5. The molecule has 1 atom stereocenters. The van der Waals surface area contributed by atoms with Gasteiger partial charge in [0.15, 0.2) is 5.82 Å². The van der Waals surface area contributed by atoms with Crippen LogP contribution in [0.4, 0.5) is 16.0 Å². The zero-order chi connectivity index (χ0) is 23.7. The van der Waals surface area contributed by atoms with Crippen LogP contribution in [0.5, 0.6) is 0 Å². The lowest BCUT2D eigenvalue weighted by atomic mass is 10.1. The van der Waals surface area contributed by atoms with Crippen LogP contribution >= 0.6 is 0 Å². The first-order chi connectivity index (χ1) is 16.5. The van der Waals surface area contributed by atoms with Crippen molar-refractivity contribution in [2.45, 2.75) is 38.3 Å². The number of anilines is 2. The summed E-state index contributed by atoms with van der Waals surface area (Å²) in [4.78, 5) is 27.2. The molecule has 0 bridgehead atoms. The second-order valence-corrected chi connectivity index (χ2v) is 8.69. The van der Waals surface area contributed by atoms with Crippen molar-refractivity contribution in [3.8, 4) is 11.4 Å². The van der Waals surface area contributed by atoms with Crippen molar-refractivity contribution < 1.29 is 19.0 Å². The molecule has 34 heavy (non-hydrogen) atoms. The van der Waals surface area contributed by atoms with Gasteiger partial charge in [-0.1, -0.05) is 0 Å². The van der Waals surface area contributed by atoms with E-state index in [9.17, 15) is 14.3 Å². The van der Waals surface area contributed by atoms with Crippen molar-refractivity contribution in [2.75, 3.05) is 31.6 Å². The smallest absolute Gasteiger partial charge is 0.253 e. The first-order valence-corrected chi connectivity index (χ1v) is 11.5. The molecule has 2 saturated heterocycles. The van der Waals surface area contributed by atoms with E-state index < -0.39 is 11.9 Å². The molecule has 1 unspecified atom stereocenters. The van der Waals surface area contributed by atoms with E-state index in [-0.39, 0.29) is 23.6 Å². The van der Waals surface area contributed by atoms with Crippen molar-refractivity contribution in [1.82, 2.24) is 24.4 Å². The number of carbonyl (C=O) groups is 1. The monoisotopic (exact) mass is 466 g/mol. The quantitative estimate of drug-likeness (QED) is 0.595. The van der Waals surface area contributed by atoms with E-state index in [0.717, 1.165) is 24.9 Å². The molecule has 1 aromatic carbocycles. The molecule has 0 spiro atoms. The molecular formula is C24H27FN6O3. The van der Waals surface area contributed by atoms with Gasteiger partial charge in [-0.25, -0.2) is 19.3 Å². The summed E-state index contributed by atoms with van der Waals surface area (Å²) in [5.41, 5.74) is 2.01. The van der Waals surface area contributed by atoms with Gasteiger partial charge in [-0.05, 0) is 50.5 Å². The molecule has 0 saturated carbocycles. The number of hydrogen-bond acceptors (Lipinski definition) is 7. The highest BCUT2D eigenvalue weighted by Crippen LogP contribution is 2.31. The topological polar surface area (TPSA) is 105 Å². The number of aryl methyl sites for hydroxylation is 1. The Kier molecular flexibility index (Phi) is 6.25. The number of likely N-dealkylation sites (tertiary alicyclic amines) is 1. The molecule has 0 aliphatic carbocycles. The van der Waals surface area contributed by atoms with Gasteiger partial charge in [-0.3, -0.25) is 4.79 Å². The highest BCUT2D eigenvalue weighted by atomic mass is 19.1. The Morgan fingerprint density at radius 3 is 2.62 bits per heavy atom. The van der Waals surface area contributed by atoms with Crippen LogP contribution in [0.25, 0.3) is 11.4 Å². The molecule has 1 amide bonds. The van der Waals surface area contributed by atoms with Crippen LogP contribution in [0.15, 0.2) is 36.7 Å². The number of imidazole rings is 1. The van der Waals surface area contributed by atoms with Crippen LogP contribution in [-0.2, 0) is 4.74 Å². The highest BCUT2D eigenvalue weighted by molar-refractivity contribution is 5.94. The summed E-state index contributed by atoms with van der Waals surface area (Å²) in [6, 6.07) is 7.11. The van der Waals surface area contributed by atoms with E-state index >= 15 is 0 Å². The molecule has 2 aromatic heterocycles. The largest absolute Gasteiger partial charge is 0.391 e. The molecule has 2 aliphatic rings. The van der Waals surface area contributed by atoms with Gasteiger partial charge in [0.1, 0.15) is 11.5 Å². The molecule has 3 aromatic rings. The lowest BCUT2D eigenvalue weighted by Crippen LogP contribution is -2.29. The molecule has 4 heterocycles. The minimum atomic E-state index is -0.521. The van der Waals surface area contributed by atoms with Crippen LogP contribution in [0.2, 0.25) is 0 Å². The van der Waals surface area contributed by atoms with Crippen molar-refractivity contribution in [2.24, 2.45) is 0 Å². The number of benzene rings is 1. The van der Waals surface area contributed by atoms with E-state index in [1.165, 1.54) is 0 Å². The third kappa shape index (κ3) is 4.51. The van der Waals surface area contributed by atoms with Crippen molar-refractivity contribution >= 4 is 17.5 Å². The Morgan fingerprint density at radius 1 is 1.15 bits per heavy atom. The Hall–Kier alpha value is -3.37. The maximum absolute atomic E-state index is 14.8. The van der Waals surface area contributed by atoms with Gasteiger partial charge in [-0.2, -0.15) is 0 Å². The fourth-order valence-corrected chi connectivity index (χ4v) is 4.57. The van der Waals surface area contributed by atoms with Crippen LogP contribution in [0, 0.1) is 12.7 Å². The van der Waals surface area contributed by atoms with E-state index in [1.54, 1.807) is 35.4 Å². The summed E-state index contributed by atoms with van der Waals surface area (Å²) >= 11 is 0. The molecule has 10 heteroatoms. The van der Waals surface area contributed by atoms with Crippen molar-refractivity contribution in [1.29, 1.82) is 0 Å². The lowest BCUT2D eigenvalue weighted by molar-refractivity contribution is 0.0694. The highest BCUT2D eigenvalue weighted by Gasteiger charge is 2.26. The number of halogens is 1. The van der Waals surface area contributed by atoms with Gasteiger partial charge in [0, 0.05) is 43.6 Å². The number of aliphatic hydroxyl groups is 1. The average Bonchev–Trinajstić information content (AvgIpc) is 3.46. The van der Waals surface area contributed by atoms with E-state index in [1.807, 2.05) is 11.5 Å². The lowest BCUT2D eigenvalue weighted by Gasteiger charge is -2.26. The molecule has 2 N–H and O–H groups in total. The standard InChI is InChI=1S/C24H27FN6O3/c1-15-26-13-21(31(15)18-7-10-34-11-8-18)22-20(25)12-27-24(29-22)28-17-4-2-16(3-5-17)23(33)30-9-6-19(32)14-30/h2-5,12-13,18-19,32H,6-11,14H2,1H3,(H,27,28,29).